The second-order valence-electron chi connectivity index (χ2n) is 3.75. The van der Waals surface area contributed by atoms with Crippen molar-refractivity contribution in [3.8, 4) is 0 Å². The van der Waals surface area contributed by atoms with E-state index < -0.39 is 12.3 Å². The second-order valence-corrected chi connectivity index (χ2v) is 4.73. The fourth-order valence-electron chi connectivity index (χ4n) is 1.24. The minimum Gasteiger partial charge on any atom is -0.368 e. The zero-order valence-corrected chi connectivity index (χ0v) is 10.6. The minimum absolute atomic E-state index is 0.0520. The van der Waals surface area contributed by atoms with Crippen LogP contribution in [-0.2, 0) is 4.74 Å². The van der Waals surface area contributed by atoms with Gasteiger partial charge in [-0.25, -0.2) is 0 Å². The third-order valence-corrected chi connectivity index (χ3v) is 3.41. The molecule has 0 amide bonds. The average Bonchev–Trinajstić information content (AvgIpc) is 2.75. The zero-order valence-electron chi connectivity index (χ0n) is 9.75. The summed E-state index contributed by atoms with van der Waals surface area (Å²) in [4.78, 5) is 1.16. The maximum atomic E-state index is 12.1. The van der Waals surface area contributed by atoms with Crippen LogP contribution in [0.4, 0.5) is 13.2 Å². The first-order valence-electron chi connectivity index (χ1n) is 5.36. The number of hydrogen-bond acceptors (Lipinski definition) is 3. The molecule has 2 nitrogen and oxygen atoms in total. The van der Waals surface area contributed by atoms with Crippen molar-refractivity contribution in [3.05, 3.63) is 22.4 Å². The van der Waals surface area contributed by atoms with Gasteiger partial charge in [-0.05, 0) is 25.3 Å². The molecule has 2 atom stereocenters. The zero-order chi connectivity index (χ0) is 12.9. The lowest BCUT2D eigenvalue weighted by Gasteiger charge is -2.17. The first kappa shape index (κ1) is 14.5. The highest BCUT2D eigenvalue weighted by molar-refractivity contribution is 7.10. The molecule has 0 bridgehead atoms. The Morgan fingerprint density at radius 1 is 1.41 bits per heavy atom. The Labute approximate surface area is 103 Å². The van der Waals surface area contributed by atoms with Gasteiger partial charge in [-0.3, -0.25) is 0 Å². The molecule has 1 aromatic heterocycles. The predicted octanol–water partition coefficient (Wildman–Crippen LogP) is 3.37. The van der Waals surface area contributed by atoms with Gasteiger partial charge in [0.25, 0.3) is 0 Å². The number of ether oxygens (including phenoxy) is 1. The van der Waals surface area contributed by atoms with E-state index in [1.54, 1.807) is 11.3 Å². The Hall–Kier alpha value is -0.590. The molecular formula is C11H16F3NOS. The van der Waals surface area contributed by atoms with E-state index in [0.717, 1.165) is 11.8 Å². The SMILES string of the molecule is CC(NCCOC(C)C(F)(F)F)c1cccs1. The lowest BCUT2D eigenvalue weighted by atomic mass is 10.3. The summed E-state index contributed by atoms with van der Waals surface area (Å²) < 4.78 is 41.0. The molecule has 17 heavy (non-hydrogen) atoms. The third-order valence-electron chi connectivity index (χ3n) is 2.35. The van der Waals surface area contributed by atoms with E-state index in [9.17, 15) is 13.2 Å². The van der Waals surface area contributed by atoms with Crippen LogP contribution >= 0.6 is 11.3 Å². The van der Waals surface area contributed by atoms with Crippen molar-refractivity contribution < 1.29 is 17.9 Å². The lowest BCUT2D eigenvalue weighted by molar-refractivity contribution is -0.213. The average molecular weight is 267 g/mol. The fourth-order valence-corrected chi connectivity index (χ4v) is 2.00. The number of thiophene rings is 1. The first-order chi connectivity index (χ1) is 7.91. The van der Waals surface area contributed by atoms with Crippen LogP contribution in [-0.4, -0.2) is 25.4 Å². The Kier molecular flexibility index (Phi) is 5.42. The van der Waals surface area contributed by atoms with Gasteiger partial charge in [-0.1, -0.05) is 6.07 Å². The first-order valence-corrected chi connectivity index (χ1v) is 6.24. The standard InChI is InChI=1S/C11H16F3NOS/c1-8(10-4-3-7-17-10)15-5-6-16-9(2)11(12,13)14/h3-4,7-9,15H,5-6H2,1-2H3. The molecule has 0 aliphatic carbocycles. The van der Waals surface area contributed by atoms with Crippen LogP contribution in [0.1, 0.15) is 24.8 Å². The van der Waals surface area contributed by atoms with E-state index in [-0.39, 0.29) is 12.6 Å². The summed E-state index contributed by atoms with van der Waals surface area (Å²) in [5, 5.41) is 5.08. The normalized spacial score (nSPS) is 15.8. The smallest absolute Gasteiger partial charge is 0.368 e. The Morgan fingerprint density at radius 2 is 2.12 bits per heavy atom. The Morgan fingerprint density at radius 3 is 2.65 bits per heavy atom. The van der Waals surface area contributed by atoms with Crippen molar-refractivity contribution in [3.63, 3.8) is 0 Å². The highest BCUT2D eigenvalue weighted by Crippen LogP contribution is 2.22. The van der Waals surface area contributed by atoms with Crippen molar-refractivity contribution in [2.45, 2.75) is 32.2 Å². The van der Waals surface area contributed by atoms with Crippen molar-refractivity contribution in [2.75, 3.05) is 13.2 Å². The van der Waals surface area contributed by atoms with Gasteiger partial charge < -0.3 is 10.1 Å². The molecule has 1 heterocycles. The second kappa shape index (κ2) is 6.37. The molecule has 0 aliphatic rings. The Bertz CT molecular complexity index is 313. The van der Waals surface area contributed by atoms with E-state index in [1.807, 2.05) is 24.4 Å². The topological polar surface area (TPSA) is 21.3 Å². The maximum absolute atomic E-state index is 12.1. The van der Waals surface area contributed by atoms with E-state index in [0.29, 0.717) is 6.54 Å². The van der Waals surface area contributed by atoms with Gasteiger partial charge in [-0.15, -0.1) is 11.3 Å². The highest BCUT2D eigenvalue weighted by atomic mass is 32.1. The maximum Gasteiger partial charge on any atom is 0.414 e. The molecule has 0 fully saturated rings. The van der Waals surface area contributed by atoms with Crippen LogP contribution in [0.25, 0.3) is 0 Å². The summed E-state index contributed by atoms with van der Waals surface area (Å²) in [5.41, 5.74) is 0. The van der Waals surface area contributed by atoms with Gasteiger partial charge in [0.1, 0.15) is 0 Å². The molecule has 98 valence electrons. The molecule has 0 aliphatic heterocycles. The molecule has 0 saturated carbocycles. The van der Waals surface area contributed by atoms with Gasteiger partial charge in [0.15, 0.2) is 6.10 Å². The van der Waals surface area contributed by atoms with Gasteiger partial charge >= 0.3 is 6.18 Å². The predicted molar refractivity (Wildman–Crippen MR) is 62.2 cm³/mol. The van der Waals surface area contributed by atoms with Gasteiger partial charge in [0.2, 0.25) is 0 Å². The van der Waals surface area contributed by atoms with Crippen LogP contribution in [0.15, 0.2) is 17.5 Å². The Balaban J connectivity index is 2.17. The molecule has 0 radical (unpaired) electrons. The number of nitrogens with one attached hydrogen (secondary N) is 1. The summed E-state index contributed by atoms with van der Waals surface area (Å²) in [6.45, 7) is 3.44. The lowest BCUT2D eigenvalue weighted by Crippen LogP contribution is -2.32. The molecule has 2 unspecified atom stereocenters. The van der Waals surface area contributed by atoms with Crippen LogP contribution < -0.4 is 5.32 Å². The van der Waals surface area contributed by atoms with Crippen LogP contribution in [0.3, 0.4) is 0 Å². The minimum atomic E-state index is -4.28. The largest absolute Gasteiger partial charge is 0.414 e. The third kappa shape index (κ3) is 5.06. The molecule has 0 saturated heterocycles. The number of halogens is 3. The molecule has 0 aromatic carbocycles. The van der Waals surface area contributed by atoms with Gasteiger partial charge in [0.05, 0.1) is 6.61 Å². The molecule has 0 spiro atoms. The van der Waals surface area contributed by atoms with E-state index >= 15 is 0 Å². The van der Waals surface area contributed by atoms with E-state index in [1.165, 1.54) is 0 Å². The molecule has 1 rings (SSSR count). The van der Waals surface area contributed by atoms with Crippen molar-refractivity contribution >= 4 is 11.3 Å². The monoisotopic (exact) mass is 267 g/mol. The quantitative estimate of drug-likeness (QED) is 0.798. The van der Waals surface area contributed by atoms with Gasteiger partial charge in [0, 0.05) is 17.5 Å². The van der Waals surface area contributed by atoms with E-state index in [4.69, 9.17) is 4.74 Å². The number of rotatable bonds is 6. The number of alkyl halides is 3. The van der Waals surface area contributed by atoms with Crippen molar-refractivity contribution in [1.29, 1.82) is 0 Å². The molecule has 1 aromatic rings. The molecule has 6 heteroatoms. The van der Waals surface area contributed by atoms with Crippen molar-refractivity contribution in [1.82, 2.24) is 5.32 Å². The summed E-state index contributed by atoms with van der Waals surface area (Å²) >= 11 is 1.62. The van der Waals surface area contributed by atoms with Gasteiger partial charge in [-0.2, -0.15) is 13.2 Å². The molecule has 1 N–H and O–H groups in total. The van der Waals surface area contributed by atoms with Crippen LogP contribution in [0.2, 0.25) is 0 Å². The molecular weight excluding hydrogens is 251 g/mol. The summed E-state index contributed by atoms with van der Waals surface area (Å²) in [5.74, 6) is 0. The number of hydrogen-bond donors (Lipinski definition) is 1. The van der Waals surface area contributed by atoms with Crippen LogP contribution in [0, 0.1) is 0 Å². The summed E-state index contributed by atoms with van der Waals surface area (Å²) in [6, 6.07) is 4.07. The van der Waals surface area contributed by atoms with E-state index in [2.05, 4.69) is 5.32 Å². The fraction of sp³-hybridized carbons (Fsp3) is 0.636. The summed E-state index contributed by atoms with van der Waals surface area (Å²) in [6.07, 6.45) is -5.99. The van der Waals surface area contributed by atoms with Crippen LogP contribution in [0.5, 0.6) is 0 Å². The van der Waals surface area contributed by atoms with Crippen molar-refractivity contribution in [2.24, 2.45) is 0 Å². The summed E-state index contributed by atoms with van der Waals surface area (Å²) in [7, 11) is 0. The highest BCUT2D eigenvalue weighted by Gasteiger charge is 2.36.